The molecule has 1 aromatic carbocycles. The fraction of sp³-hybridized carbons (Fsp3) is 0.455. The van der Waals surface area contributed by atoms with Gasteiger partial charge in [0.2, 0.25) is 20.0 Å². The van der Waals surface area contributed by atoms with Crippen LogP contribution < -0.4 is 4.72 Å². The van der Waals surface area contributed by atoms with Gasteiger partial charge in [-0.15, -0.1) is 0 Å². The summed E-state index contributed by atoms with van der Waals surface area (Å²) in [5, 5.41) is 0.436. The van der Waals surface area contributed by atoms with E-state index in [-0.39, 0.29) is 0 Å². The van der Waals surface area contributed by atoms with E-state index in [9.17, 15) is 16.8 Å². The molecule has 0 aliphatic carbocycles. The second-order valence-corrected chi connectivity index (χ2v) is 9.03. The fourth-order valence-corrected chi connectivity index (χ4v) is 4.14. The van der Waals surface area contributed by atoms with Crippen molar-refractivity contribution in [2.24, 2.45) is 0 Å². The van der Waals surface area contributed by atoms with Crippen LogP contribution in [-0.2, 0) is 20.0 Å². The monoisotopic (exact) mass is 340 g/mol. The Bertz CT molecular complexity index is 684. The normalized spacial score (nSPS) is 12.7. The summed E-state index contributed by atoms with van der Waals surface area (Å²) in [5.74, 6) is -0.992. The molecule has 0 aromatic heterocycles. The van der Waals surface area contributed by atoms with Crippen molar-refractivity contribution in [1.82, 2.24) is 4.31 Å². The Morgan fingerprint density at radius 2 is 1.75 bits per heavy atom. The maximum atomic E-state index is 11.8. The van der Waals surface area contributed by atoms with Crippen molar-refractivity contribution in [2.45, 2.75) is 6.92 Å². The molecule has 6 nitrogen and oxygen atoms in total. The first kappa shape index (κ1) is 17.2. The van der Waals surface area contributed by atoms with Crippen molar-refractivity contribution in [3.05, 3.63) is 28.8 Å². The zero-order valence-corrected chi connectivity index (χ0v) is 13.8. The fourth-order valence-electron chi connectivity index (χ4n) is 1.28. The zero-order chi connectivity index (χ0) is 15.6. The van der Waals surface area contributed by atoms with Gasteiger partial charge in [0.15, 0.2) is 0 Å². The minimum Gasteiger partial charge on any atom is -0.283 e. The van der Waals surface area contributed by atoms with Gasteiger partial charge in [0.05, 0.1) is 11.5 Å². The second kappa shape index (κ2) is 6.30. The van der Waals surface area contributed by atoms with Crippen LogP contribution in [-0.4, -0.2) is 46.7 Å². The molecule has 9 heteroatoms. The SMILES string of the molecule is Cc1ccc(NS(=O)(=O)CCS(=O)(=O)N(C)C)cc1Cl. The largest absolute Gasteiger partial charge is 0.283 e. The summed E-state index contributed by atoms with van der Waals surface area (Å²) in [4.78, 5) is 0. The van der Waals surface area contributed by atoms with E-state index in [0.29, 0.717) is 10.7 Å². The van der Waals surface area contributed by atoms with E-state index in [0.717, 1.165) is 9.87 Å². The Labute approximate surface area is 124 Å². The minimum atomic E-state index is -3.75. The van der Waals surface area contributed by atoms with Crippen LogP contribution in [0.5, 0.6) is 0 Å². The van der Waals surface area contributed by atoms with Gasteiger partial charge >= 0.3 is 0 Å². The van der Waals surface area contributed by atoms with Crippen LogP contribution >= 0.6 is 11.6 Å². The quantitative estimate of drug-likeness (QED) is 0.845. The molecule has 0 aliphatic rings. The van der Waals surface area contributed by atoms with E-state index in [1.807, 2.05) is 0 Å². The predicted molar refractivity (Wildman–Crippen MR) is 81.1 cm³/mol. The molecule has 0 bridgehead atoms. The highest BCUT2D eigenvalue weighted by Crippen LogP contribution is 2.20. The molecule has 1 rings (SSSR count). The number of anilines is 1. The summed E-state index contributed by atoms with van der Waals surface area (Å²) in [6, 6.07) is 4.73. The van der Waals surface area contributed by atoms with Gasteiger partial charge < -0.3 is 0 Å². The van der Waals surface area contributed by atoms with E-state index in [2.05, 4.69) is 4.72 Å². The van der Waals surface area contributed by atoms with Crippen LogP contribution in [0, 0.1) is 6.92 Å². The molecule has 114 valence electrons. The zero-order valence-electron chi connectivity index (χ0n) is 11.4. The van der Waals surface area contributed by atoms with Gasteiger partial charge in [-0.1, -0.05) is 17.7 Å². The van der Waals surface area contributed by atoms with Crippen LogP contribution in [0.15, 0.2) is 18.2 Å². The molecular weight excluding hydrogens is 324 g/mol. The van der Waals surface area contributed by atoms with Gasteiger partial charge in [0.1, 0.15) is 0 Å². The van der Waals surface area contributed by atoms with E-state index in [1.165, 1.54) is 20.2 Å². The van der Waals surface area contributed by atoms with Crippen molar-refractivity contribution in [3.63, 3.8) is 0 Å². The third-order valence-corrected chi connectivity index (χ3v) is 6.40. The number of hydrogen-bond acceptors (Lipinski definition) is 4. The number of benzene rings is 1. The number of sulfonamides is 2. The third kappa shape index (κ3) is 4.93. The Hall–Kier alpha value is -0.830. The van der Waals surface area contributed by atoms with Crippen molar-refractivity contribution >= 4 is 37.3 Å². The number of rotatable bonds is 6. The van der Waals surface area contributed by atoms with Gasteiger partial charge in [-0.25, -0.2) is 21.1 Å². The lowest BCUT2D eigenvalue weighted by Gasteiger charge is -2.12. The average Bonchev–Trinajstić information content (AvgIpc) is 2.31. The summed E-state index contributed by atoms with van der Waals surface area (Å²) in [6.45, 7) is 1.80. The molecule has 1 aromatic rings. The van der Waals surface area contributed by atoms with Crippen molar-refractivity contribution < 1.29 is 16.8 Å². The lowest BCUT2D eigenvalue weighted by molar-refractivity contribution is 0.521. The number of nitrogens with one attached hydrogen (secondary N) is 1. The van der Waals surface area contributed by atoms with Gasteiger partial charge in [-0.2, -0.15) is 0 Å². The average molecular weight is 341 g/mol. The molecule has 0 amide bonds. The van der Waals surface area contributed by atoms with E-state index < -0.39 is 31.6 Å². The highest BCUT2D eigenvalue weighted by Gasteiger charge is 2.19. The smallest absolute Gasteiger partial charge is 0.233 e. The van der Waals surface area contributed by atoms with Crippen LogP contribution in [0.25, 0.3) is 0 Å². The summed E-state index contributed by atoms with van der Waals surface area (Å²) >= 11 is 5.90. The first-order chi connectivity index (χ1) is 9.03. The molecule has 0 unspecified atom stereocenters. The van der Waals surface area contributed by atoms with Gasteiger partial charge in [-0.3, -0.25) is 4.72 Å². The van der Waals surface area contributed by atoms with E-state index >= 15 is 0 Å². The Kier molecular flexibility index (Phi) is 5.42. The number of nitrogens with zero attached hydrogens (tertiary/aromatic N) is 1. The highest BCUT2D eigenvalue weighted by atomic mass is 35.5. The number of aryl methyl sites for hydroxylation is 1. The maximum absolute atomic E-state index is 11.8. The lowest BCUT2D eigenvalue weighted by Crippen LogP contribution is -2.30. The molecule has 0 saturated heterocycles. The lowest BCUT2D eigenvalue weighted by atomic mass is 10.2. The Morgan fingerprint density at radius 1 is 1.15 bits per heavy atom. The molecule has 0 spiro atoms. The molecule has 0 atom stereocenters. The third-order valence-electron chi connectivity index (χ3n) is 2.61. The molecule has 0 aliphatic heterocycles. The number of halogens is 1. The molecule has 0 saturated carbocycles. The van der Waals surface area contributed by atoms with Crippen LogP contribution in [0.2, 0.25) is 5.02 Å². The van der Waals surface area contributed by atoms with Crippen LogP contribution in [0.1, 0.15) is 5.56 Å². The first-order valence-corrected chi connectivity index (χ1v) is 9.34. The van der Waals surface area contributed by atoms with E-state index in [1.54, 1.807) is 19.1 Å². The Balaban J connectivity index is 2.78. The van der Waals surface area contributed by atoms with Gasteiger partial charge in [0, 0.05) is 24.8 Å². The standard InChI is InChI=1S/C11H17ClN2O4S2/c1-9-4-5-10(8-11(9)12)13-19(15,16)6-7-20(17,18)14(2)3/h4-5,8,13H,6-7H2,1-3H3. The van der Waals surface area contributed by atoms with Crippen LogP contribution in [0.3, 0.4) is 0 Å². The molecule has 0 radical (unpaired) electrons. The summed E-state index contributed by atoms with van der Waals surface area (Å²) in [5.41, 5.74) is 1.13. The van der Waals surface area contributed by atoms with Crippen molar-refractivity contribution in [3.8, 4) is 0 Å². The molecule has 1 N–H and O–H groups in total. The maximum Gasteiger partial charge on any atom is 0.233 e. The Morgan fingerprint density at radius 3 is 2.25 bits per heavy atom. The van der Waals surface area contributed by atoms with Crippen molar-refractivity contribution in [1.29, 1.82) is 0 Å². The summed E-state index contributed by atoms with van der Waals surface area (Å²) in [6.07, 6.45) is 0. The van der Waals surface area contributed by atoms with Gasteiger partial charge in [-0.05, 0) is 24.6 Å². The van der Waals surface area contributed by atoms with E-state index in [4.69, 9.17) is 11.6 Å². The minimum absolute atomic E-state index is 0.308. The van der Waals surface area contributed by atoms with Crippen LogP contribution in [0.4, 0.5) is 5.69 Å². The first-order valence-electron chi connectivity index (χ1n) is 5.70. The number of hydrogen-bond donors (Lipinski definition) is 1. The van der Waals surface area contributed by atoms with Crippen molar-refractivity contribution in [2.75, 3.05) is 30.3 Å². The summed E-state index contributed by atoms with van der Waals surface area (Å²) < 4.78 is 50.0. The molecule has 0 heterocycles. The topological polar surface area (TPSA) is 83.5 Å². The molecule has 20 heavy (non-hydrogen) atoms. The predicted octanol–water partition coefficient (Wildman–Crippen LogP) is 1.28. The summed E-state index contributed by atoms with van der Waals surface area (Å²) in [7, 11) is -4.58. The van der Waals surface area contributed by atoms with Gasteiger partial charge in [0.25, 0.3) is 0 Å². The second-order valence-electron chi connectivity index (χ2n) is 4.48. The highest BCUT2D eigenvalue weighted by molar-refractivity contribution is 7.95. The molecular formula is C11H17ClN2O4S2. The molecule has 0 fully saturated rings.